The minimum atomic E-state index is 0.780. The Balaban J connectivity index is 1.75. The molecular formula is C13H20N2. The van der Waals surface area contributed by atoms with Gasteiger partial charge in [0.2, 0.25) is 0 Å². The Morgan fingerprint density at radius 2 is 2.47 bits per heavy atom. The number of hydrogen-bond acceptors (Lipinski definition) is 2. The van der Waals surface area contributed by atoms with Gasteiger partial charge in [-0.25, -0.2) is 0 Å². The van der Waals surface area contributed by atoms with Gasteiger partial charge in [0.15, 0.2) is 0 Å². The number of rotatable bonds is 4. The van der Waals surface area contributed by atoms with Crippen molar-refractivity contribution < 1.29 is 0 Å². The summed E-state index contributed by atoms with van der Waals surface area (Å²) in [7, 11) is 0. The van der Waals surface area contributed by atoms with Crippen LogP contribution in [-0.2, 0) is 6.42 Å². The van der Waals surface area contributed by atoms with E-state index in [2.05, 4.69) is 23.3 Å². The molecule has 1 saturated heterocycles. The molecule has 1 aliphatic rings. The van der Waals surface area contributed by atoms with Crippen LogP contribution in [0.25, 0.3) is 0 Å². The molecule has 0 aromatic carbocycles. The van der Waals surface area contributed by atoms with Crippen molar-refractivity contribution in [2.24, 2.45) is 0 Å². The Morgan fingerprint density at radius 3 is 3.20 bits per heavy atom. The first-order chi connectivity index (χ1) is 7.36. The van der Waals surface area contributed by atoms with Gasteiger partial charge in [-0.3, -0.25) is 4.98 Å². The molecule has 1 aromatic rings. The molecule has 0 unspecified atom stereocenters. The first-order valence-electron chi connectivity index (χ1n) is 6.00. The fraction of sp³-hybridized carbons (Fsp3) is 0.615. The van der Waals surface area contributed by atoms with Gasteiger partial charge in [-0.15, -0.1) is 0 Å². The van der Waals surface area contributed by atoms with Gasteiger partial charge in [0, 0.05) is 17.9 Å². The Hall–Kier alpha value is -0.890. The van der Waals surface area contributed by atoms with Crippen LogP contribution in [0, 0.1) is 6.92 Å². The highest BCUT2D eigenvalue weighted by Gasteiger charge is 2.13. The summed E-state index contributed by atoms with van der Waals surface area (Å²) in [6, 6.07) is 5.02. The van der Waals surface area contributed by atoms with Gasteiger partial charge < -0.3 is 5.32 Å². The summed E-state index contributed by atoms with van der Waals surface area (Å²) in [5.74, 6) is 0. The van der Waals surface area contributed by atoms with E-state index in [1.807, 2.05) is 12.3 Å². The highest BCUT2D eigenvalue weighted by atomic mass is 14.9. The second-order valence-electron chi connectivity index (χ2n) is 4.43. The maximum Gasteiger partial charge on any atom is 0.0404 e. The third-order valence-corrected chi connectivity index (χ3v) is 3.28. The topological polar surface area (TPSA) is 24.9 Å². The zero-order valence-electron chi connectivity index (χ0n) is 9.50. The molecule has 1 fully saturated rings. The Morgan fingerprint density at radius 1 is 1.53 bits per heavy atom. The van der Waals surface area contributed by atoms with Crippen molar-refractivity contribution >= 4 is 0 Å². The van der Waals surface area contributed by atoms with E-state index in [9.17, 15) is 0 Å². The molecular weight excluding hydrogens is 184 g/mol. The Bertz CT molecular complexity index is 303. The lowest BCUT2D eigenvalue weighted by atomic mass is 10.0. The maximum atomic E-state index is 4.31. The molecule has 1 N–H and O–H groups in total. The first-order valence-corrected chi connectivity index (χ1v) is 6.00. The molecule has 1 atom stereocenters. The number of nitrogens with zero attached hydrogens (tertiary/aromatic N) is 1. The van der Waals surface area contributed by atoms with E-state index in [1.54, 1.807) is 0 Å². The van der Waals surface area contributed by atoms with Crippen molar-refractivity contribution in [2.75, 3.05) is 6.54 Å². The summed E-state index contributed by atoms with van der Waals surface area (Å²) >= 11 is 0. The summed E-state index contributed by atoms with van der Waals surface area (Å²) in [5.41, 5.74) is 2.60. The molecule has 0 saturated carbocycles. The highest BCUT2D eigenvalue weighted by molar-refractivity contribution is 5.18. The second-order valence-corrected chi connectivity index (χ2v) is 4.43. The number of aromatic nitrogens is 1. The van der Waals surface area contributed by atoms with E-state index in [0.29, 0.717) is 0 Å². The Labute approximate surface area is 92.1 Å². The van der Waals surface area contributed by atoms with E-state index in [4.69, 9.17) is 0 Å². The van der Waals surface area contributed by atoms with Crippen molar-refractivity contribution in [3.05, 3.63) is 29.6 Å². The molecule has 0 amide bonds. The molecule has 2 rings (SSSR count). The van der Waals surface area contributed by atoms with Crippen LogP contribution in [0.4, 0.5) is 0 Å². The highest BCUT2D eigenvalue weighted by Crippen LogP contribution is 2.14. The lowest BCUT2D eigenvalue weighted by Crippen LogP contribution is -2.21. The maximum absolute atomic E-state index is 4.31. The minimum Gasteiger partial charge on any atom is -0.314 e. The van der Waals surface area contributed by atoms with Gasteiger partial charge >= 0.3 is 0 Å². The molecule has 2 nitrogen and oxygen atoms in total. The predicted molar refractivity (Wildman–Crippen MR) is 62.9 cm³/mol. The molecule has 0 radical (unpaired) electrons. The summed E-state index contributed by atoms with van der Waals surface area (Å²) in [5, 5.41) is 3.54. The van der Waals surface area contributed by atoms with Crippen LogP contribution >= 0.6 is 0 Å². The minimum absolute atomic E-state index is 0.780. The Kier molecular flexibility index (Phi) is 3.73. The molecule has 1 aromatic heterocycles. The van der Waals surface area contributed by atoms with Crippen molar-refractivity contribution in [3.8, 4) is 0 Å². The molecule has 0 bridgehead atoms. The van der Waals surface area contributed by atoms with Gasteiger partial charge in [-0.05, 0) is 57.2 Å². The van der Waals surface area contributed by atoms with Crippen molar-refractivity contribution in [1.29, 1.82) is 0 Å². The van der Waals surface area contributed by atoms with E-state index >= 15 is 0 Å². The average Bonchev–Trinajstić information content (AvgIpc) is 2.74. The molecule has 1 aliphatic heterocycles. The molecule has 15 heavy (non-hydrogen) atoms. The summed E-state index contributed by atoms with van der Waals surface area (Å²) in [4.78, 5) is 4.31. The van der Waals surface area contributed by atoms with Gasteiger partial charge in [0.1, 0.15) is 0 Å². The predicted octanol–water partition coefficient (Wildman–Crippen LogP) is 2.46. The van der Waals surface area contributed by atoms with Crippen LogP contribution in [0.5, 0.6) is 0 Å². The third kappa shape index (κ3) is 3.03. The van der Waals surface area contributed by atoms with Crippen molar-refractivity contribution in [1.82, 2.24) is 10.3 Å². The van der Waals surface area contributed by atoms with Crippen LogP contribution < -0.4 is 5.32 Å². The number of aryl methyl sites for hydroxylation is 2. The molecule has 0 aliphatic carbocycles. The van der Waals surface area contributed by atoms with Gasteiger partial charge in [-0.1, -0.05) is 6.07 Å². The SMILES string of the molecule is Cc1ncccc1CCC[C@@H]1CCCN1. The van der Waals surface area contributed by atoms with Crippen LogP contribution in [-0.4, -0.2) is 17.6 Å². The van der Waals surface area contributed by atoms with E-state index in [0.717, 1.165) is 6.04 Å². The quantitative estimate of drug-likeness (QED) is 0.815. The molecule has 2 heteroatoms. The fourth-order valence-corrected chi connectivity index (χ4v) is 2.32. The number of nitrogens with one attached hydrogen (secondary N) is 1. The number of pyridine rings is 1. The second kappa shape index (κ2) is 5.26. The van der Waals surface area contributed by atoms with Crippen LogP contribution in [0.15, 0.2) is 18.3 Å². The summed E-state index contributed by atoms with van der Waals surface area (Å²) in [6.07, 6.45) is 8.37. The third-order valence-electron chi connectivity index (χ3n) is 3.28. The summed E-state index contributed by atoms with van der Waals surface area (Å²) in [6.45, 7) is 3.32. The van der Waals surface area contributed by atoms with Crippen LogP contribution in [0.2, 0.25) is 0 Å². The molecule has 82 valence electrons. The number of hydrogen-bond donors (Lipinski definition) is 1. The van der Waals surface area contributed by atoms with Gasteiger partial charge in [0.25, 0.3) is 0 Å². The standard InChI is InChI=1S/C13H20N2/c1-11-12(6-3-9-14-11)5-2-7-13-8-4-10-15-13/h3,6,9,13,15H,2,4-5,7-8,10H2,1H3/t13-/m1/s1. The smallest absolute Gasteiger partial charge is 0.0404 e. The molecule has 0 spiro atoms. The van der Waals surface area contributed by atoms with Crippen molar-refractivity contribution in [3.63, 3.8) is 0 Å². The normalized spacial score (nSPS) is 20.7. The monoisotopic (exact) mass is 204 g/mol. The molecule has 2 heterocycles. The lowest BCUT2D eigenvalue weighted by Gasteiger charge is -2.10. The van der Waals surface area contributed by atoms with Crippen LogP contribution in [0.1, 0.15) is 36.9 Å². The summed E-state index contributed by atoms with van der Waals surface area (Å²) < 4.78 is 0. The van der Waals surface area contributed by atoms with Crippen LogP contribution in [0.3, 0.4) is 0 Å². The van der Waals surface area contributed by atoms with Gasteiger partial charge in [-0.2, -0.15) is 0 Å². The van der Waals surface area contributed by atoms with E-state index < -0.39 is 0 Å². The largest absolute Gasteiger partial charge is 0.314 e. The lowest BCUT2D eigenvalue weighted by molar-refractivity contribution is 0.535. The average molecular weight is 204 g/mol. The van der Waals surface area contributed by atoms with Crippen molar-refractivity contribution in [2.45, 2.75) is 45.1 Å². The fourth-order valence-electron chi connectivity index (χ4n) is 2.32. The zero-order chi connectivity index (χ0) is 10.5. The van der Waals surface area contributed by atoms with Gasteiger partial charge in [0.05, 0.1) is 0 Å². The van der Waals surface area contributed by atoms with E-state index in [1.165, 1.54) is 49.9 Å². The first kappa shape index (κ1) is 10.6. The van der Waals surface area contributed by atoms with E-state index in [-0.39, 0.29) is 0 Å². The zero-order valence-corrected chi connectivity index (χ0v) is 9.50.